The van der Waals surface area contributed by atoms with E-state index in [1.807, 2.05) is 35.0 Å². The summed E-state index contributed by atoms with van der Waals surface area (Å²) in [6.45, 7) is 0.113. The molecule has 2 N–H and O–H groups in total. The zero-order chi connectivity index (χ0) is 21.1. The number of nitrogens with one attached hydrogen (secondary N) is 2. The molecule has 0 aliphatic heterocycles. The monoisotopic (exact) mass is 442 g/mol. The van der Waals surface area contributed by atoms with Crippen molar-refractivity contribution in [2.75, 3.05) is 17.1 Å². The maximum Gasteiger partial charge on any atom is 0.263 e. The molecule has 154 valence electrons. The first-order valence-electron chi connectivity index (χ1n) is 8.90. The number of amides is 1. The molecule has 0 atom stereocenters. The van der Waals surface area contributed by atoms with Gasteiger partial charge in [0.15, 0.2) is 5.13 Å². The van der Waals surface area contributed by atoms with Crippen LogP contribution in [0.2, 0.25) is 0 Å². The molecule has 0 bridgehead atoms. The van der Waals surface area contributed by atoms with Crippen molar-refractivity contribution < 1.29 is 17.9 Å². The van der Waals surface area contributed by atoms with Crippen LogP contribution >= 0.6 is 11.3 Å². The predicted octanol–water partition coefficient (Wildman–Crippen LogP) is 3.55. The second kappa shape index (κ2) is 8.17. The summed E-state index contributed by atoms with van der Waals surface area (Å²) >= 11 is 1.19. The molecule has 0 unspecified atom stereocenters. The number of fused-ring (bicyclic) bond motifs is 1. The zero-order valence-electron chi connectivity index (χ0n) is 15.9. The molecule has 0 fully saturated rings. The fourth-order valence-electron chi connectivity index (χ4n) is 2.95. The van der Waals surface area contributed by atoms with Gasteiger partial charge >= 0.3 is 0 Å². The number of carbonyl (C=O) groups excluding carboxylic acids is 1. The quantitative estimate of drug-likeness (QED) is 0.456. The molecule has 0 aliphatic rings. The Kier molecular flexibility index (Phi) is 5.42. The standard InChI is InChI=1S/C20H18N4O4S2/c1-28-16-5-2-14-8-10-24(18(14)12-16)13-19(25)22-15-3-6-17(7-4-15)30(26,27)23-20-21-9-11-29-20/h2-12H,13H2,1H3,(H,21,23)(H,22,25). The summed E-state index contributed by atoms with van der Waals surface area (Å²) in [4.78, 5) is 16.5. The molecule has 0 radical (unpaired) electrons. The largest absolute Gasteiger partial charge is 0.497 e. The topological polar surface area (TPSA) is 102 Å². The van der Waals surface area contributed by atoms with E-state index >= 15 is 0 Å². The maximum absolute atomic E-state index is 12.5. The third kappa shape index (κ3) is 4.29. The number of hydrogen-bond acceptors (Lipinski definition) is 6. The lowest BCUT2D eigenvalue weighted by Crippen LogP contribution is -2.18. The molecule has 0 spiro atoms. The lowest BCUT2D eigenvalue weighted by molar-refractivity contribution is -0.116. The Bertz CT molecular complexity index is 1280. The van der Waals surface area contributed by atoms with Gasteiger partial charge in [0.05, 0.1) is 17.5 Å². The molecule has 1 amide bonds. The van der Waals surface area contributed by atoms with Crippen LogP contribution in [0, 0.1) is 0 Å². The molecule has 2 heterocycles. The molecule has 0 saturated heterocycles. The molecule has 0 saturated carbocycles. The molecule has 4 aromatic rings. The van der Waals surface area contributed by atoms with E-state index in [2.05, 4.69) is 15.0 Å². The van der Waals surface area contributed by atoms with Crippen LogP contribution in [0.25, 0.3) is 10.9 Å². The number of anilines is 2. The van der Waals surface area contributed by atoms with Gasteiger partial charge in [0.1, 0.15) is 12.3 Å². The molecule has 30 heavy (non-hydrogen) atoms. The van der Waals surface area contributed by atoms with Crippen molar-refractivity contribution in [2.24, 2.45) is 0 Å². The van der Waals surface area contributed by atoms with E-state index in [0.717, 1.165) is 10.9 Å². The highest BCUT2D eigenvalue weighted by Crippen LogP contribution is 2.22. The van der Waals surface area contributed by atoms with Crippen molar-refractivity contribution in [1.82, 2.24) is 9.55 Å². The van der Waals surface area contributed by atoms with Crippen molar-refractivity contribution >= 4 is 49.0 Å². The van der Waals surface area contributed by atoms with Crippen molar-refractivity contribution in [1.29, 1.82) is 0 Å². The fourth-order valence-corrected chi connectivity index (χ4v) is 4.74. The van der Waals surface area contributed by atoms with Gasteiger partial charge in [0, 0.05) is 29.5 Å². The highest BCUT2D eigenvalue weighted by molar-refractivity contribution is 7.93. The van der Waals surface area contributed by atoms with Gasteiger partial charge in [-0.1, -0.05) is 0 Å². The highest BCUT2D eigenvalue weighted by atomic mass is 32.2. The first-order chi connectivity index (χ1) is 14.4. The number of sulfonamides is 1. The van der Waals surface area contributed by atoms with E-state index in [0.29, 0.717) is 16.6 Å². The second-order valence-corrected chi connectivity index (χ2v) is 8.96. The van der Waals surface area contributed by atoms with Gasteiger partial charge in [-0.05, 0) is 47.9 Å². The van der Waals surface area contributed by atoms with Crippen molar-refractivity contribution in [3.63, 3.8) is 0 Å². The minimum absolute atomic E-state index is 0.0826. The number of nitrogens with zero attached hydrogens (tertiary/aromatic N) is 2. The summed E-state index contributed by atoms with van der Waals surface area (Å²) in [5.41, 5.74) is 1.39. The number of methoxy groups -OCH3 is 1. The Morgan fingerprint density at radius 2 is 1.97 bits per heavy atom. The number of ether oxygens (including phenoxy) is 1. The summed E-state index contributed by atoms with van der Waals surface area (Å²) in [5, 5.41) is 5.76. The Hall–Kier alpha value is -3.37. The summed E-state index contributed by atoms with van der Waals surface area (Å²) in [6.07, 6.45) is 3.36. The molecule has 4 rings (SSSR count). The van der Waals surface area contributed by atoms with Crippen molar-refractivity contribution in [2.45, 2.75) is 11.4 Å². The number of benzene rings is 2. The van der Waals surface area contributed by atoms with Crippen LogP contribution in [0.15, 0.2) is 71.2 Å². The van der Waals surface area contributed by atoms with Crippen molar-refractivity contribution in [3.8, 4) is 5.75 Å². The first kappa shape index (κ1) is 19.9. The van der Waals surface area contributed by atoms with Crippen LogP contribution in [0.5, 0.6) is 5.75 Å². The average molecular weight is 443 g/mol. The van der Waals surface area contributed by atoms with E-state index in [4.69, 9.17) is 4.74 Å². The number of thiazole rings is 1. The molecular formula is C20H18N4O4S2. The van der Waals surface area contributed by atoms with Crippen LogP contribution in [0.1, 0.15) is 0 Å². The van der Waals surface area contributed by atoms with E-state index in [-0.39, 0.29) is 17.3 Å². The van der Waals surface area contributed by atoms with Crippen LogP contribution in [0.4, 0.5) is 10.8 Å². The number of carbonyl (C=O) groups is 1. The smallest absolute Gasteiger partial charge is 0.263 e. The van der Waals surface area contributed by atoms with E-state index in [9.17, 15) is 13.2 Å². The molecule has 2 aromatic carbocycles. The molecule has 8 nitrogen and oxygen atoms in total. The molecular weight excluding hydrogens is 424 g/mol. The zero-order valence-corrected chi connectivity index (χ0v) is 17.5. The fraction of sp³-hybridized carbons (Fsp3) is 0.100. The highest BCUT2D eigenvalue weighted by Gasteiger charge is 2.15. The van der Waals surface area contributed by atoms with Gasteiger partial charge in [0.2, 0.25) is 5.91 Å². The SMILES string of the molecule is COc1ccc2ccn(CC(=O)Nc3ccc(S(=O)(=O)Nc4nccs4)cc3)c2c1. The lowest BCUT2D eigenvalue weighted by Gasteiger charge is -2.09. The minimum atomic E-state index is -3.73. The lowest BCUT2D eigenvalue weighted by atomic mass is 10.2. The van der Waals surface area contributed by atoms with Gasteiger partial charge in [-0.2, -0.15) is 0 Å². The summed E-state index contributed by atoms with van der Waals surface area (Å²) in [6, 6.07) is 13.6. The third-order valence-electron chi connectivity index (χ3n) is 4.40. The van der Waals surface area contributed by atoms with Gasteiger partial charge in [0.25, 0.3) is 10.0 Å². The minimum Gasteiger partial charge on any atom is -0.497 e. The maximum atomic E-state index is 12.5. The van der Waals surface area contributed by atoms with Gasteiger partial charge < -0.3 is 14.6 Å². The van der Waals surface area contributed by atoms with Gasteiger partial charge in [-0.25, -0.2) is 13.4 Å². The van der Waals surface area contributed by atoms with Gasteiger partial charge in [-0.15, -0.1) is 11.3 Å². The molecule has 10 heteroatoms. The van der Waals surface area contributed by atoms with Gasteiger partial charge in [-0.3, -0.25) is 9.52 Å². The van der Waals surface area contributed by atoms with E-state index < -0.39 is 10.0 Å². The normalized spacial score (nSPS) is 11.4. The Labute approximate surface area is 177 Å². The second-order valence-electron chi connectivity index (χ2n) is 6.38. The summed E-state index contributed by atoms with van der Waals surface area (Å²) < 4.78 is 34.2. The summed E-state index contributed by atoms with van der Waals surface area (Å²) in [5.74, 6) is 0.484. The third-order valence-corrected chi connectivity index (χ3v) is 6.57. The summed E-state index contributed by atoms with van der Waals surface area (Å²) in [7, 11) is -2.14. The molecule has 2 aromatic heterocycles. The van der Waals surface area contributed by atoms with E-state index in [1.54, 1.807) is 24.6 Å². The number of hydrogen-bond donors (Lipinski definition) is 2. The van der Waals surface area contributed by atoms with Crippen molar-refractivity contribution in [3.05, 3.63) is 66.3 Å². The Morgan fingerprint density at radius 3 is 2.67 bits per heavy atom. The van der Waals surface area contributed by atoms with E-state index in [1.165, 1.54) is 29.7 Å². The average Bonchev–Trinajstić information content (AvgIpc) is 3.37. The molecule has 0 aliphatic carbocycles. The van der Waals surface area contributed by atoms with Crippen LogP contribution < -0.4 is 14.8 Å². The van der Waals surface area contributed by atoms with Crippen LogP contribution in [-0.2, 0) is 21.4 Å². The Balaban J connectivity index is 1.44. The first-order valence-corrected chi connectivity index (χ1v) is 11.3. The van der Waals surface area contributed by atoms with Crippen LogP contribution in [-0.4, -0.2) is 31.0 Å². The predicted molar refractivity (Wildman–Crippen MR) is 116 cm³/mol. The Morgan fingerprint density at radius 1 is 1.17 bits per heavy atom. The van der Waals surface area contributed by atoms with Crippen LogP contribution in [0.3, 0.4) is 0 Å². The number of aromatic nitrogens is 2. The number of rotatable bonds is 7.